The van der Waals surface area contributed by atoms with E-state index in [1.165, 1.54) is 12.1 Å². The molecule has 1 aromatic carbocycles. The molecule has 1 atom stereocenters. The molecule has 0 aliphatic carbocycles. The van der Waals surface area contributed by atoms with Gasteiger partial charge >= 0.3 is 0 Å². The molecule has 0 aromatic heterocycles. The molecule has 0 amide bonds. The molecule has 1 unspecified atom stereocenters. The minimum Gasteiger partial charge on any atom is -0.396 e. The number of nitro benzene ring substituents is 1. The number of benzene rings is 1. The van der Waals surface area contributed by atoms with Gasteiger partial charge in [-0.3, -0.25) is 10.1 Å². The first kappa shape index (κ1) is 15.9. The van der Waals surface area contributed by atoms with Crippen molar-refractivity contribution in [1.82, 2.24) is 5.32 Å². The summed E-state index contributed by atoms with van der Waals surface area (Å²) in [4.78, 5) is 10.5. The number of halogens is 1. The summed E-state index contributed by atoms with van der Waals surface area (Å²) in [6, 6.07) is 4.56. The van der Waals surface area contributed by atoms with Crippen LogP contribution in [-0.2, 0) is 6.54 Å². The third-order valence-electron chi connectivity index (χ3n) is 2.92. The van der Waals surface area contributed by atoms with Crippen LogP contribution in [0.3, 0.4) is 0 Å². The molecular formula is C13H19ClN2O3. The molecule has 0 heterocycles. The van der Waals surface area contributed by atoms with Gasteiger partial charge in [-0.1, -0.05) is 18.5 Å². The van der Waals surface area contributed by atoms with Crippen LogP contribution in [0.1, 0.15) is 25.3 Å². The second-order valence-electron chi connectivity index (χ2n) is 4.64. The molecule has 1 rings (SSSR count). The van der Waals surface area contributed by atoms with Crippen molar-refractivity contribution in [2.24, 2.45) is 5.92 Å². The van der Waals surface area contributed by atoms with Gasteiger partial charge in [0.2, 0.25) is 0 Å². The minimum absolute atomic E-state index is 0.0839. The van der Waals surface area contributed by atoms with Crippen molar-refractivity contribution in [2.75, 3.05) is 13.2 Å². The van der Waals surface area contributed by atoms with Crippen molar-refractivity contribution in [3.8, 4) is 0 Å². The van der Waals surface area contributed by atoms with Gasteiger partial charge in [0.15, 0.2) is 0 Å². The predicted octanol–water partition coefficient (Wildman–Crippen LogP) is 2.75. The lowest BCUT2D eigenvalue weighted by Crippen LogP contribution is -2.16. The first-order chi connectivity index (χ1) is 9.04. The topological polar surface area (TPSA) is 75.4 Å². The van der Waals surface area contributed by atoms with E-state index in [-0.39, 0.29) is 12.3 Å². The highest BCUT2D eigenvalue weighted by molar-refractivity contribution is 6.30. The number of hydrogen-bond donors (Lipinski definition) is 2. The Hall–Kier alpha value is -1.17. The van der Waals surface area contributed by atoms with Gasteiger partial charge in [0.05, 0.1) is 4.92 Å². The minimum atomic E-state index is -0.402. The van der Waals surface area contributed by atoms with Crippen molar-refractivity contribution >= 4 is 17.3 Å². The van der Waals surface area contributed by atoms with E-state index in [2.05, 4.69) is 5.32 Å². The van der Waals surface area contributed by atoms with Gasteiger partial charge < -0.3 is 10.4 Å². The van der Waals surface area contributed by atoms with E-state index in [1.54, 1.807) is 6.07 Å². The lowest BCUT2D eigenvalue weighted by atomic mass is 10.1. The lowest BCUT2D eigenvalue weighted by Gasteiger charge is -2.09. The molecule has 106 valence electrons. The Bertz CT molecular complexity index is 426. The van der Waals surface area contributed by atoms with Crippen LogP contribution in [0, 0.1) is 16.0 Å². The second kappa shape index (κ2) is 8.09. The molecule has 1 aromatic rings. The molecule has 0 fully saturated rings. The Balaban J connectivity index is 2.44. The van der Waals surface area contributed by atoms with Crippen LogP contribution in [0.15, 0.2) is 18.2 Å². The maximum absolute atomic E-state index is 10.9. The third-order valence-corrected chi connectivity index (χ3v) is 3.15. The number of nitrogens with one attached hydrogen (secondary N) is 1. The first-order valence-corrected chi connectivity index (χ1v) is 6.66. The van der Waals surface area contributed by atoms with Crippen molar-refractivity contribution in [3.63, 3.8) is 0 Å². The van der Waals surface area contributed by atoms with Crippen LogP contribution < -0.4 is 5.32 Å². The van der Waals surface area contributed by atoms with Crippen LogP contribution in [0.4, 0.5) is 5.69 Å². The fourth-order valence-electron chi connectivity index (χ4n) is 1.76. The van der Waals surface area contributed by atoms with Gasteiger partial charge in [0.1, 0.15) is 0 Å². The second-order valence-corrected chi connectivity index (χ2v) is 5.07. The third kappa shape index (κ3) is 5.55. The van der Waals surface area contributed by atoms with Gasteiger partial charge in [-0.05, 0) is 37.4 Å². The summed E-state index contributed by atoms with van der Waals surface area (Å²) in [5, 5.41) is 23.4. The number of aliphatic hydroxyl groups is 1. The largest absolute Gasteiger partial charge is 0.396 e. The van der Waals surface area contributed by atoms with E-state index in [1.807, 2.05) is 6.92 Å². The number of aliphatic hydroxyl groups excluding tert-OH is 1. The SMILES string of the molecule is CC(CO)CCCNCc1cc(Cl)ccc1[N+](=O)[O-]. The average molecular weight is 287 g/mol. The van der Waals surface area contributed by atoms with Crippen LogP contribution in [-0.4, -0.2) is 23.2 Å². The van der Waals surface area contributed by atoms with Gasteiger partial charge in [0.25, 0.3) is 5.69 Å². The van der Waals surface area contributed by atoms with Crippen molar-refractivity contribution in [3.05, 3.63) is 38.9 Å². The quantitative estimate of drug-likeness (QED) is 0.438. The zero-order valence-corrected chi connectivity index (χ0v) is 11.7. The number of hydrogen-bond acceptors (Lipinski definition) is 4. The summed E-state index contributed by atoms with van der Waals surface area (Å²) in [7, 11) is 0. The lowest BCUT2D eigenvalue weighted by molar-refractivity contribution is -0.385. The monoisotopic (exact) mass is 286 g/mol. The maximum atomic E-state index is 10.9. The summed E-state index contributed by atoms with van der Waals surface area (Å²) in [6.07, 6.45) is 1.86. The summed E-state index contributed by atoms with van der Waals surface area (Å²) < 4.78 is 0. The molecule has 0 saturated carbocycles. The fourth-order valence-corrected chi connectivity index (χ4v) is 1.96. The standard InChI is InChI=1S/C13H19ClN2O3/c1-10(9-17)3-2-6-15-8-11-7-12(14)4-5-13(11)16(18)19/h4-5,7,10,15,17H,2-3,6,8-9H2,1H3. The van der Waals surface area contributed by atoms with E-state index < -0.39 is 4.92 Å². The van der Waals surface area contributed by atoms with Crippen molar-refractivity contribution in [1.29, 1.82) is 0 Å². The van der Waals surface area contributed by atoms with Gasteiger partial charge in [-0.15, -0.1) is 0 Å². The van der Waals surface area contributed by atoms with E-state index in [0.717, 1.165) is 19.4 Å². The van der Waals surface area contributed by atoms with E-state index >= 15 is 0 Å². The molecule has 6 heteroatoms. The first-order valence-electron chi connectivity index (χ1n) is 6.29. The van der Waals surface area contributed by atoms with E-state index in [4.69, 9.17) is 16.7 Å². The molecule has 5 nitrogen and oxygen atoms in total. The van der Waals surface area contributed by atoms with Crippen molar-refractivity contribution < 1.29 is 10.0 Å². The van der Waals surface area contributed by atoms with Gasteiger partial charge in [-0.25, -0.2) is 0 Å². The van der Waals surface area contributed by atoms with Crippen LogP contribution in [0.5, 0.6) is 0 Å². The zero-order chi connectivity index (χ0) is 14.3. The van der Waals surface area contributed by atoms with E-state index in [9.17, 15) is 10.1 Å². The molecule has 2 N–H and O–H groups in total. The normalized spacial score (nSPS) is 12.4. The highest BCUT2D eigenvalue weighted by atomic mass is 35.5. The Labute approximate surface area is 117 Å². The molecular weight excluding hydrogens is 268 g/mol. The molecule has 0 spiro atoms. The molecule has 0 bridgehead atoms. The Kier molecular flexibility index (Phi) is 6.77. The Morgan fingerprint density at radius 2 is 2.26 bits per heavy atom. The van der Waals surface area contributed by atoms with E-state index in [0.29, 0.717) is 23.0 Å². The van der Waals surface area contributed by atoms with Crippen molar-refractivity contribution in [2.45, 2.75) is 26.3 Å². The number of rotatable bonds is 8. The summed E-state index contributed by atoms with van der Waals surface area (Å²) in [5.41, 5.74) is 0.674. The smallest absolute Gasteiger partial charge is 0.273 e. The zero-order valence-electron chi connectivity index (χ0n) is 10.9. The maximum Gasteiger partial charge on any atom is 0.273 e. The number of nitrogens with zero attached hydrogens (tertiary/aromatic N) is 1. The van der Waals surface area contributed by atoms with Gasteiger partial charge in [-0.2, -0.15) is 0 Å². The number of nitro groups is 1. The molecule has 0 saturated heterocycles. The molecule has 0 aliphatic rings. The van der Waals surface area contributed by atoms with Crippen LogP contribution in [0.25, 0.3) is 0 Å². The highest BCUT2D eigenvalue weighted by Crippen LogP contribution is 2.22. The molecule has 19 heavy (non-hydrogen) atoms. The highest BCUT2D eigenvalue weighted by Gasteiger charge is 2.13. The van der Waals surface area contributed by atoms with Crippen LogP contribution >= 0.6 is 11.6 Å². The average Bonchev–Trinajstić information content (AvgIpc) is 2.37. The summed E-state index contributed by atoms with van der Waals surface area (Å²) >= 11 is 5.84. The predicted molar refractivity (Wildman–Crippen MR) is 75.3 cm³/mol. The molecule has 0 radical (unpaired) electrons. The van der Waals surface area contributed by atoms with Crippen LogP contribution in [0.2, 0.25) is 5.02 Å². The summed E-state index contributed by atoms with van der Waals surface area (Å²) in [6.45, 7) is 3.36. The van der Waals surface area contributed by atoms with Gasteiger partial charge in [0, 0.05) is 29.8 Å². The Morgan fingerprint density at radius 1 is 1.53 bits per heavy atom. The fraction of sp³-hybridized carbons (Fsp3) is 0.538. The molecule has 0 aliphatic heterocycles. The summed E-state index contributed by atoms with van der Waals surface area (Å²) in [5.74, 6) is 0.294. The Morgan fingerprint density at radius 3 is 2.89 bits per heavy atom.